The van der Waals surface area contributed by atoms with Crippen LogP contribution < -0.4 is 0 Å². The minimum Gasteiger partial charge on any atom is -0.420 e. The molecule has 4 heteroatoms. The third kappa shape index (κ3) is 4.33. The first-order chi connectivity index (χ1) is 7.63. The molecule has 1 aliphatic rings. The standard InChI is InChI=1S/C12H19O4/c1-3-11(13)16-12(14)9(2)15-10-7-5-4-6-8-10/h3,9-10,14H,1,4-8H2,2H3. The molecule has 0 amide bonds. The van der Waals surface area contributed by atoms with Crippen molar-refractivity contribution in [1.82, 2.24) is 0 Å². The minimum absolute atomic E-state index is 0.160. The van der Waals surface area contributed by atoms with Gasteiger partial charge in [0.1, 0.15) is 6.10 Å². The summed E-state index contributed by atoms with van der Waals surface area (Å²) in [7, 11) is 0. The Morgan fingerprint density at radius 2 is 2.06 bits per heavy atom. The molecule has 0 aromatic carbocycles. The molecule has 1 aliphatic carbocycles. The van der Waals surface area contributed by atoms with E-state index in [1.54, 1.807) is 6.92 Å². The van der Waals surface area contributed by atoms with Gasteiger partial charge in [-0.05, 0) is 19.8 Å². The van der Waals surface area contributed by atoms with Gasteiger partial charge in [-0.25, -0.2) is 4.79 Å². The predicted octanol–water partition coefficient (Wildman–Crippen LogP) is 2.32. The number of aliphatic hydroxyl groups is 1. The van der Waals surface area contributed by atoms with Crippen LogP contribution in [0.3, 0.4) is 0 Å². The summed E-state index contributed by atoms with van der Waals surface area (Å²) in [6, 6.07) is 0. The zero-order valence-electron chi connectivity index (χ0n) is 9.65. The van der Waals surface area contributed by atoms with Gasteiger partial charge in [0, 0.05) is 6.08 Å². The number of aliphatic hydroxyl groups excluding tert-OH is 1. The van der Waals surface area contributed by atoms with Gasteiger partial charge in [-0.1, -0.05) is 25.8 Å². The Bertz CT molecular complexity index is 233. The summed E-state index contributed by atoms with van der Waals surface area (Å²) in [5.74, 6) is -0.670. The van der Waals surface area contributed by atoms with E-state index in [2.05, 4.69) is 11.3 Å². The van der Waals surface area contributed by atoms with Crippen molar-refractivity contribution in [3.63, 3.8) is 0 Å². The Morgan fingerprint density at radius 3 is 2.62 bits per heavy atom. The second-order valence-corrected chi connectivity index (χ2v) is 4.00. The zero-order chi connectivity index (χ0) is 12.0. The summed E-state index contributed by atoms with van der Waals surface area (Å²) >= 11 is 0. The van der Waals surface area contributed by atoms with Crippen LogP contribution >= 0.6 is 0 Å². The Labute approximate surface area is 96.2 Å². The van der Waals surface area contributed by atoms with Crippen molar-refractivity contribution < 1.29 is 19.4 Å². The van der Waals surface area contributed by atoms with Gasteiger partial charge in [0.05, 0.1) is 6.10 Å². The molecule has 16 heavy (non-hydrogen) atoms. The van der Waals surface area contributed by atoms with Gasteiger partial charge in [-0.15, -0.1) is 0 Å². The molecule has 0 aliphatic heterocycles. The van der Waals surface area contributed by atoms with Crippen molar-refractivity contribution >= 4 is 5.97 Å². The molecule has 0 aromatic rings. The van der Waals surface area contributed by atoms with E-state index in [0.29, 0.717) is 0 Å². The number of rotatable bonds is 5. The second-order valence-electron chi connectivity index (χ2n) is 4.00. The Hall–Kier alpha value is -0.870. The summed E-state index contributed by atoms with van der Waals surface area (Å²) in [6.07, 6.45) is 5.77. The van der Waals surface area contributed by atoms with Crippen LogP contribution in [0.15, 0.2) is 12.7 Å². The quantitative estimate of drug-likeness (QED) is 0.578. The van der Waals surface area contributed by atoms with Gasteiger partial charge in [0.2, 0.25) is 0 Å². The van der Waals surface area contributed by atoms with Crippen LogP contribution in [0.1, 0.15) is 39.0 Å². The highest BCUT2D eigenvalue weighted by Crippen LogP contribution is 2.23. The maximum atomic E-state index is 10.8. The normalized spacial score (nSPS) is 19.4. The van der Waals surface area contributed by atoms with Crippen molar-refractivity contribution in [2.45, 2.75) is 51.2 Å². The molecule has 1 rings (SSSR count). The van der Waals surface area contributed by atoms with Crippen molar-refractivity contribution in [2.75, 3.05) is 0 Å². The first-order valence-corrected chi connectivity index (χ1v) is 5.69. The van der Waals surface area contributed by atoms with Crippen molar-refractivity contribution in [2.24, 2.45) is 0 Å². The molecular weight excluding hydrogens is 208 g/mol. The molecule has 1 radical (unpaired) electrons. The van der Waals surface area contributed by atoms with Crippen LogP contribution in [-0.4, -0.2) is 23.3 Å². The van der Waals surface area contributed by atoms with Crippen molar-refractivity contribution in [1.29, 1.82) is 0 Å². The van der Waals surface area contributed by atoms with Crippen LogP contribution in [0.4, 0.5) is 0 Å². The van der Waals surface area contributed by atoms with E-state index in [4.69, 9.17) is 4.74 Å². The van der Waals surface area contributed by atoms with E-state index in [0.717, 1.165) is 31.8 Å². The van der Waals surface area contributed by atoms with E-state index in [1.165, 1.54) is 6.42 Å². The summed E-state index contributed by atoms with van der Waals surface area (Å²) in [5.41, 5.74) is 0. The average molecular weight is 227 g/mol. The molecule has 1 unspecified atom stereocenters. The van der Waals surface area contributed by atoms with Crippen LogP contribution in [0, 0.1) is 6.29 Å². The number of carbonyl (C=O) groups excluding carboxylic acids is 1. The highest BCUT2D eigenvalue weighted by molar-refractivity contribution is 5.81. The first-order valence-electron chi connectivity index (χ1n) is 5.69. The highest BCUT2D eigenvalue weighted by atomic mass is 16.7. The van der Waals surface area contributed by atoms with Gasteiger partial charge in [-0.3, -0.25) is 0 Å². The third-order valence-corrected chi connectivity index (χ3v) is 2.67. The highest BCUT2D eigenvalue weighted by Gasteiger charge is 2.25. The lowest BCUT2D eigenvalue weighted by atomic mass is 9.98. The zero-order valence-corrected chi connectivity index (χ0v) is 9.65. The fraction of sp³-hybridized carbons (Fsp3) is 0.667. The fourth-order valence-electron chi connectivity index (χ4n) is 1.78. The largest absolute Gasteiger partial charge is 0.420 e. The molecule has 0 aromatic heterocycles. The number of carbonyl (C=O) groups is 1. The van der Waals surface area contributed by atoms with Gasteiger partial charge in [0.25, 0.3) is 0 Å². The summed E-state index contributed by atoms with van der Waals surface area (Å²) < 4.78 is 10.2. The number of hydrogen-bond donors (Lipinski definition) is 1. The van der Waals surface area contributed by atoms with E-state index in [9.17, 15) is 9.90 Å². The lowest BCUT2D eigenvalue weighted by Gasteiger charge is -2.26. The SMILES string of the molecule is C=CC(=O)O[C](O)C(C)OC1CCCCC1. The molecular formula is C12H19O4. The molecule has 1 fully saturated rings. The van der Waals surface area contributed by atoms with Crippen LogP contribution in [0.25, 0.3) is 0 Å². The lowest BCUT2D eigenvalue weighted by Crippen LogP contribution is -2.29. The fourth-order valence-corrected chi connectivity index (χ4v) is 1.78. The summed E-state index contributed by atoms with van der Waals surface area (Å²) in [4.78, 5) is 10.8. The van der Waals surface area contributed by atoms with E-state index in [1.807, 2.05) is 0 Å². The van der Waals surface area contributed by atoms with Gasteiger partial charge < -0.3 is 14.6 Å². The molecule has 4 nitrogen and oxygen atoms in total. The van der Waals surface area contributed by atoms with Crippen molar-refractivity contribution in [3.05, 3.63) is 18.9 Å². The smallest absolute Gasteiger partial charge is 0.332 e. The van der Waals surface area contributed by atoms with Crippen LogP contribution in [0.2, 0.25) is 0 Å². The molecule has 0 saturated heterocycles. The summed E-state index contributed by atoms with van der Waals surface area (Å²) in [6.45, 7) is 4.92. The maximum Gasteiger partial charge on any atom is 0.332 e. The second kappa shape index (κ2) is 6.66. The Morgan fingerprint density at radius 1 is 1.44 bits per heavy atom. The molecule has 0 spiro atoms. The number of ether oxygens (including phenoxy) is 2. The van der Waals surface area contributed by atoms with E-state index in [-0.39, 0.29) is 6.10 Å². The molecule has 0 heterocycles. The molecule has 1 saturated carbocycles. The van der Waals surface area contributed by atoms with Gasteiger partial charge in [-0.2, -0.15) is 0 Å². The van der Waals surface area contributed by atoms with Crippen LogP contribution in [0.5, 0.6) is 0 Å². The maximum absolute atomic E-state index is 10.8. The Balaban J connectivity index is 2.29. The predicted molar refractivity (Wildman–Crippen MR) is 58.9 cm³/mol. The first kappa shape index (κ1) is 13.2. The third-order valence-electron chi connectivity index (χ3n) is 2.67. The van der Waals surface area contributed by atoms with Gasteiger partial charge >= 0.3 is 12.3 Å². The lowest BCUT2D eigenvalue weighted by molar-refractivity contribution is -0.157. The summed E-state index contributed by atoms with van der Waals surface area (Å²) in [5, 5.41) is 9.45. The van der Waals surface area contributed by atoms with Crippen LogP contribution in [-0.2, 0) is 14.3 Å². The Kier molecular flexibility index (Phi) is 5.49. The topological polar surface area (TPSA) is 55.8 Å². The minimum atomic E-state index is -0.670. The monoisotopic (exact) mass is 227 g/mol. The molecule has 1 atom stereocenters. The van der Waals surface area contributed by atoms with E-state index < -0.39 is 18.4 Å². The van der Waals surface area contributed by atoms with E-state index >= 15 is 0 Å². The number of esters is 1. The van der Waals surface area contributed by atoms with Gasteiger partial charge in [0.15, 0.2) is 0 Å². The number of hydrogen-bond acceptors (Lipinski definition) is 4. The molecule has 0 bridgehead atoms. The van der Waals surface area contributed by atoms with Crippen molar-refractivity contribution in [3.8, 4) is 0 Å². The average Bonchev–Trinajstić information content (AvgIpc) is 2.30. The molecule has 1 N–H and O–H groups in total. The molecule has 91 valence electrons.